The Morgan fingerprint density at radius 3 is 1.76 bits per heavy atom. The van der Waals surface area contributed by atoms with Gasteiger partial charge < -0.3 is 5.11 Å². The average molecular weight is 508 g/mol. The number of carboxylic acids is 1. The summed E-state index contributed by atoms with van der Waals surface area (Å²) in [5, 5.41) is 9.94. The van der Waals surface area contributed by atoms with Gasteiger partial charge in [-0.1, -0.05) is 72.8 Å². The molecule has 0 saturated heterocycles. The Hall–Kier alpha value is -4.78. The van der Waals surface area contributed by atoms with Gasteiger partial charge in [0, 0.05) is 16.5 Å². The molecule has 0 aliphatic heterocycles. The van der Waals surface area contributed by atoms with Crippen LogP contribution in [-0.4, -0.2) is 26.0 Å². The van der Waals surface area contributed by atoms with Gasteiger partial charge in [-0.05, 0) is 49.2 Å². The highest BCUT2D eigenvalue weighted by atomic mass is 19.1. The topological polar surface area (TPSA) is 76.0 Å². The normalized spacial score (nSPS) is 11.4. The van der Waals surface area contributed by atoms with Crippen molar-refractivity contribution in [1.82, 2.24) is 15.0 Å². The Morgan fingerprint density at radius 2 is 1.18 bits per heavy atom. The molecule has 0 saturated carbocycles. The summed E-state index contributed by atoms with van der Waals surface area (Å²) in [6, 6.07) is 28.1. The number of benzene rings is 2. The summed E-state index contributed by atoms with van der Waals surface area (Å²) in [4.78, 5) is 24.9. The van der Waals surface area contributed by atoms with E-state index in [4.69, 9.17) is 4.98 Å². The van der Waals surface area contributed by atoms with Gasteiger partial charge in [-0.15, -0.1) is 0 Å². The van der Waals surface area contributed by atoms with Crippen molar-refractivity contribution in [1.29, 1.82) is 0 Å². The number of hydrogen-bond donors (Lipinski definition) is 1. The van der Waals surface area contributed by atoms with Crippen LogP contribution >= 0.6 is 0 Å². The molecular weight excluding hydrogens is 484 g/mol. The van der Waals surface area contributed by atoms with Gasteiger partial charge in [-0.2, -0.15) is 13.8 Å². The molecule has 5 nitrogen and oxygen atoms in total. The molecule has 0 aliphatic rings. The lowest BCUT2D eigenvalue weighted by Crippen LogP contribution is -2.24. The second-order valence-corrected chi connectivity index (χ2v) is 9.32. The molecule has 0 bridgehead atoms. The van der Waals surface area contributed by atoms with Gasteiger partial charge in [0.05, 0.1) is 22.6 Å². The maximum absolute atomic E-state index is 14.9. The first-order valence-corrected chi connectivity index (χ1v) is 12.0. The highest BCUT2D eigenvalue weighted by Gasteiger charge is 2.30. The number of aromatic nitrogens is 3. The van der Waals surface area contributed by atoms with Crippen LogP contribution in [-0.2, 0) is 5.41 Å². The zero-order chi connectivity index (χ0) is 26.9. The number of hydrogen-bond acceptors (Lipinski definition) is 4. The largest absolute Gasteiger partial charge is 0.476 e. The molecule has 7 heteroatoms. The van der Waals surface area contributed by atoms with E-state index >= 15 is 0 Å². The van der Waals surface area contributed by atoms with Crippen molar-refractivity contribution in [2.45, 2.75) is 19.3 Å². The van der Waals surface area contributed by atoms with Gasteiger partial charge in [0.2, 0.25) is 11.9 Å². The van der Waals surface area contributed by atoms with Crippen LogP contribution < -0.4 is 0 Å². The molecule has 5 aromatic rings. The Labute approximate surface area is 218 Å². The number of halogens is 2. The zero-order valence-corrected chi connectivity index (χ0v) is 20.7. The second-order valence-electron chi connectivity index (χ2n) is 9.32. The van der Waals surface area contributed by atoms with Gasteiger partial charge in [0.15, 0.2) is 5.69 Å². The summed E-state index contributed by atoms with van der Waals surface area (Å²) < 4.78 is 28.5. The Kier molecular flexibility index (Phi) is 6.51. The summed E-state index contributed by atoms with van der Waals surface area (Å²) in [5.41, 5.74) is 3.15. The molecule has 2 aromatic carbocycles. The first-order chi connectivity index (χ1) is 18.3. The van der Waals surface area contributed by atoms with Crippen molar-refractivity contribution in [2.75, 3.05) is 0 Å². The summed E-state index contributed by atoms with van der Waals surface area (Å²) in [6.45, 7) is 3.74. The maximum Gasteiger partial charge on any atom is 0.355 e. The van der Waals surface area contributed by atoms with E-state index in [9.17, 15) is 18.7 Å². The first-order valence-electron chi connectivity index (χ1n) is 12.0. The van der Waals surface area contributed by atoms with Crippen LogP contribution in [0.4, 0.5) is 8.78 Å². The van der Waals surface area contributed by atoms with Crippen LogP contribution in [0.1, 0.15) is 35.7 Å². The van der Waals surface area contributed by atoms with Gasteiger partial charge >= 0.3 is 5.97 Å². The third-order valence-electron chi connectivity index (χ3n) is 6.51. The number of nitrogens with zero attached hydrogens (tertiary/aromatic N) is 3. The molecule has 0 amide bonds. The highest BCUT2D eigenvalue weighted by Crippen LogP contribution is 2.37. The van der Waals surface area contributed by atoms with Crippen molar-refractivity contribution >= 4 is 5.97 Å². The Bertz CT molecular complexity index is 1640. The lowest BCUT2D eigenvalue weighted by Gasteiger charge is -2.26. The van der Waals surface area contributed by atoms with Gasteiger partial charge in [0.1, 0.15) is 0 Å². The number of carbonyl (C=O) groups is 1. The van der Waals surface area contributed by atoms with Crippen molar-refractivity contribution in [3.8, 4) is 33.5 Å². The molecule has 3 heterocycles. The predicted molar refractivity (Wildman–Crippen MR) is 142 cm³/mol. The molecule has 0 unspecified atom stereocenters. The smallest absolute Gasteiger partial charge is 0.355 e. The lowest BCUT2D eigenvalue weighted by atomic mass is 9.83. The SMILES string of the molecule is CC(C)(c1ccc(-c2ccccc2)c(C(=O)O)n1)c1ccc(-c2ccccc2)c(-c2ccc(F)nc2F)n1. The van der Waals surface area contributed by atoms with E-state index in [1.165, 1.54) is 6.07 Å². The minimum atomic E-state index is -1.14. The van der Waals surface area contributed by atoms with Crippen molar-refractivity contribution < 1.29 is 18.7 Å². The number of carboxylic acid groups (broad SMARTS) is 1. The van der Waals surface area contributed by atoms with Crippen molar-refractivity contribution in [3.63, 3.8) is 0 Å². The van der Waals surface area contributed by atoms with Crippen molar-refractivity contribution in [3.05, 3.63) is 126 Å². The van der Waals surface area contributed by atoms with Crippen LogP contribution in [0.5, 0.6) is 0 Å². The standard InChI is InChI=1S/C31H23F2N3O2/c1-31(2,25-17-14-22(28(35-25)30(37)38)20-11-7-4-8-12-20)24-16-13-21(19-9-5-3-6-10-19)27(34-24)23-15-18-26(32)36-29(23)33/h3-18H,1-2H3,(H,37,38). The van der Waals surface area contributed by atoms with E-state index in [0.29, 0.717) is 28.2 Å². The maximum atomic E-state index is 14.9. The molecule has 38 heavy (non-hydrogen) atoms. The number of pyridine rings is 3. The molecule has 5 rings (SSSR count). The quantitative estimate of drug-likeness (QED) is 0.247. The second kappa shape index (κ2) is 9.94. The van der Waals surface area contributed by atoms with E-state index in [-0.39, 0.29) is 11.3 Å². The van der Waals surface area contributed by atoms with Crippen LogP contribution in [0.2, 0.25) is 0 Å². The third-order valence-corrected chi connectivity index (χ3v) is 6.51. The fraction of sp³-hybridized carbons (Fsp3) is 0.0968. The van der Waals surface area contributed by atoms with Crippen LogP contribution in [0.25, 0.3) is 33.5 Å². The summed E-state index contributed by atoms with van der Waals surface area (Å²) in [6.07, 6.45) is 0. The lowest BCUT2D eigenvalue weighted by molar-refractivity contribution is 0.0691. The molecule has 0 radical (unpaired) electrons. The predicted octanol–water partition coefficient (Wildman–Crippen LogP) is 7.17. The fourth-order valence-corrected chi connectivity index (χ4v) is 4.40. The molecule has 0 aliphatic carbocycles. The fourth-order valence-electron chi connectivity index (χ4n) is 4.40. The Morgan fingerprint density at radius 1 is 0.658 bits per heavy atom. The van der Waals surface area contributed by atoms with Gasteiger partial charge in [-0.3, -0.25) is 4.98 Å². The molecule has 0 fully saturated rings. The van der Waals surface area contributed by atoms with E-state index < -0.39 is 23.3 Å². The summed E-state index contributed by atoms with van der Waals surface area (Å²) in [5.74, 6) is -3.04. The van der Waals surface area contributed by atoms with E-state index in [0.717, 1.165) is 17.2 Å². The van der Waals surface area contributed by atoms with Crippen LogP contribution in [0, 0.1) is 11.9 Å². The van der Waals surface area contributed by atoms with E-state index in [1.54, 1.807) is 12.1 Å². The average Bonchev–Trinajstić information content (AvgIpc) is 2.93. The van der Waals surface area contributed by atoms with Crippen LogP contribution in [0.15, 0.2) is 97.1 Å². The monoisotopic (exact) mass is 507 g/mol. The van der Waals surface area contributed by atoms with Crippen molar-refractivity contribution in [2.24, 2.45) is 0 Å². The summed E-state index contributed by atoms with van der Waals surface area (Å²) >= 11 is 0. The van der Waals surface area contributed by atoms with Gasteiger partial charge in [-0.25, -0.2) is 9.78 Å². The first kappa shape index (κ1) is 24.9. The van der Waals surface area contributed by atoms with E-state index in [2.05, 4.69) is 9.97 Å². The molecule has 0 atom stereocenters. The zero-order valence-electron chi connectivity index (χ0n) is 20.7. The number of rotatable bonds is 6. The van der Waals surface area contributed by atoms with Gasteiger partial charge in [0.25, 0.3) is 0 Å². The molecule has 0 spiro atoms. The highest BCUT2D eigenvalue weighted by molar-refractivity contribution is 5.94. The molecule has 188 valence electrons. The van der Waals surface area contributed by atoms with E-state index in [1.807, 2.05) is 86.6 Å². The Balaban J connectivity index is 1.66. The minimum Gasteiger partial charge on any atom is -0.476 e. The summed E-state index contributed by atoms with van der Waals surface area (Å²) in [7, 11) is 0. The molecular formula is C31H23F2N3O2. The van der Waals surface area contributed by atoms with Crippen LogP contribution in [0.3, 0.4) is 0 Å². The molecule has 1 N–H and O–H groups in total. The number of aromatic carboxylic acids is 1. The third kappa shape index (κ3) is 4.66. The minimum absolute atomic E-state index is 0.0570. The molecule has 3 aromatic heterocycles.